The van der Waals surface area contributed by atoms with Crippen LogP contribution in [-0.2, 0) is 21.7 Å². The van der Waals surface area contributed by atoms with Crippen LogP contribution < -0.4 is 37.2 Å². The van der Waals surface area contributed by atoms with Gasteiger partial charge in [0.2, 0.25) is 0 Å². The first-order valence-electron chi connectivity index (χ1n) is 2.10. The van der Waals surface area contributed by atoms with Crippen molar-refractivity contribution in [3.63, 3.8) is 0 Å². The maximum Gasteiger partial charge on any atom is 4.00 e. The standard InChI is InChI=1S/C5H5.BCl2.3ClH.Ti/c1-2-4-5-3-1;2-1-3;;;;/h1-5H;;3*1H;/q-1;;;;;+4/p-3. The Hall–Kier alpha value is 1.58. The minimum absolute atomic E-state index is 0. The second kappa shape index (κ2) is 29.4. The second-order valence-corrected chi connectivity index (χ2v) is 1.70. The molecule has 12 heavy (non-hydrogen) atoms. The van der Waals surface area contributed by atoms with E-state index in [2.05, 4.69) is 22.9 Å². The molecule has 0 aliphatic rings. The average Bonchev–Trinajstić information content (AvgIpc) is 2.17. The van der Waals surface area contributed by atoms with Gasteiger partial charge in [-0.3, -0.25) is 0 Å². The van der Waals surface area contributed by atoms with Crippen LogP contribution in [0.5, 0.6) is 0 Å². The molecular formula is C5H5BCl5Ti. The van der Waals surface area contributed by atoms with Gasteiger partial charge < -0.3 is 37.2 Å². The van der Waals surface area contributed by atoms with Crippen LogP contribution in [-0.4, -0.2) is 6.11 Å². The first kappa shape index (κ1) is 29.2. The smallest absolute Gasteiger partial charge is 1.00 e. The molecule has 0 bridgehead atoms. The molecule has 1 radical (unpaired) electrons. The van der Waals surface area contributed by atoms with E-state index in [1.165, 1.54) is 0 Å². The van der Waals surface area contributed by atoms with Gasteiger partial charge in [0, 0.05) is 0 Å². The van der Waals surface area contributed by atoms with Crippen molar-refractivity contribution >= 4 is 29.0 Å². The fourth-order valence-corrected chi connectivity index (χ4v) is 0.321. The molecule has 1 aromatic carbocycles. The molecule has 0 saturated heterocycles. The Morgan fingerprint density at radius 3 is 1.25 bits per heavy atom. The van der Waals surface area contributed by atoms with E-state index < -0.39 is 0 Å². The summed E-state index contributed by atoms with van der Waals surface area (Å²) < 4.78 is 0. The zero-order chi connectivity index (χ0) is 6.24. The fourth-order valence-electron chi connectivity index (χ4n) is 0.321. The summed E-state index contributed by atoms with van der Waals surface area (Å²) in [7, 11) is 0. The Morgan fingerprint density at radius 2 is 1.17 bits per heavy atom. The molecule has 7 heteroatoms. The summed E-state index contributed by atoms with van der Waals surface area (Å²) in [6, 6.07) is 10.0. The summed E-state index contributed by atoms with van der Waals surface area (Å²) in [5, 5.41) is 0. The molecule has 0 aliphatic heterocycles. The Balaban J connectivity index is -0.0000000219. The Morgan fingerprint density at radius 1 is 0.917 bits per heavy atom. The summed E-state index contributed by atoms with van der Waals surface area (Å²) in [6.45, 7) is 0. The zero-order valence-electron chi connectivity index (χ0n) is 5.85. The van der Waals surface area contributed by atoms with Gasteiger partial charge in [-0.25, -0.2) is 12.1 Å². The van der Waals surface area contributed by atoms with Gasteiger partial charge in [0.15, 0.2) is 0 Å². The molecule has 67 valence electrons. The molecule has 0 spiro atoms. The van der Waals surface area contributed by atoms with Crippen molar-refractivity contribution in [3.8, 4) is 0 Å². The third-order valence-corrected chi connectivity index (χ3v) is 0.556. The van der Waals surface area contributed by atoms with E-state index in [0.717, 1.165) is 6.11 Å². The first-order valence-corrected chi connectivity index (χ1v) is 2.98. The normalized spacial score (nSPS) is 4.50. The van der Waals surface area contributed by atoms with E-state index in [1.54, 1.807) is 0 Å². The predicted octanol–water partition coefficient (Wildman–Crippen LogP) is -6.59. The largest absolute Gasteiger partial charge is 4.00 e. The molecule has 0 aromatic heterocycles. The van der Waals surface area contributed by atoms with Gasteiger partial charge in [-0.15, -0.1) is 0 Å². The van der Waals surface area contributed by atoms with Crippen molar-refractivity contribution in [2.24, 2.45) is 0 Å². The van der Waals surface area contributed by atoms with Crippen LogP contribution >= 0.6 is 22.9 Å². The van der Waals surface area contributed by atoms with Crippen LogP contribution in [0.3, 0.4) is 0 Å². The van der Waals surface area contributed by atoms with Crippen molar-refractivity contribution in [2.45, 2.75) is 0 Å². The number of hydrogen-bond donors (Lipinski definition) is 0. The molecule has 0 nitrogen and oxygen atoms in total. The Bertz CT molecular complexity index is 86.7. The molecule has 0 atom stereocenters. The minimum atomic E-state index is 0. The van der Waals surface area contributed by atoms with Crippen LogP contribution in [0.2, 0.25) is 0 Å². The topological polar surface area (TPSA) is 0 Å². The van der Waals surface area contributed by atoms with E-state index in [4.69, 9.17) is 0 Å². The van der Waals surface area contributed by atoms with Crippen LogP contribution in [0.25, 0.3) is 0 Å². The third kappa shape index (κ3) is 29.9. The van der Waals surface area contributed by atoms with Crippen molar-refractivity contribution < 1.29 is 58.9 Å². The summed E-state index contributed by atoms with van der Waals surface area (Å²) in [4.78, 5) is 0. The van der Waals surface area contributed by atoms with Gasteiger partial charge in [0.25, 0.3) is 0 Å². The van der Waals surface area contributed by atoms with Crippen LogP contribution in [0.15, 0.2) is 30.3 Å². The molecule has 0 heterocycles. The molecule has 0 amide bonds. The molecule has 0 saturated carbocycles. The average molecular weight is 301 g/mol. The van der Waals surface area contributed by atoms with Crippen molar-refractivity contribution in [1.82, 2.24) is 0 Å². The third-order valence-electron chi connectivity index (χ3n) is 0.556. The van der Waals surface area contributed by atoms with Crippen molar-refractivity contribution in [1.29, 1.82) is 0 Å². The molecule has 0 fully saturated rings. The van der Waals surface area contributed by atoms with Gasteiger partial charge in [0.05, 0.1) is 0 Å². The SMILES string of the molecule is Cl[B]Cl.[Cl-].[Cl-].[Cl-].[Ti+4].c1cc[cH-]c1. The zero-order valence-corrected chi connectivity index (χ0v) is 11.2. The monoisotopic (exact) mass is 299 g/mol. The minimum Gasteiger partial charge on any atom is -1.00 e. The van der Waals surface area contributed by atoms with Crippen LogP contribution in [0, 0.1) is 0 Å². The molecule has 0 unspecified atom stereocenters. The quantitative estimate of drug-likeness (QED) is 0.330. The Labute approximate surface area is 117 Å². The predicted molar refractivity (Wildman–Crippen MR) is 39.5 cm³/mol. The maximum atomic E-state index is 4.64. The molecule has 0 aliphatic carbocycles. The summed E-state index contributed by atoms with van der Waals surface area (Å²) >= 11 is 9.28. The first-order chi connectivity index (χ1) is 3.91. The molecular weight excluding hydrogens is 296 g/mol. The molecule has 0 N–H and O–H groups in total. The number of rotatable bonds is 0. The van der Waals surface area contributed by atoms with Crippen LogP contribution in [0.1, 0.15) is 0 Å². The van der Waals surface area contributed by atoms with Gasteiger partial charge in [-0.05, 0) is 0 Å². The van der Waals surface area contributed by atoms with Gasteiger partial charge in [-0.2, -0.15) is 41.1 Å². The van der Waals surface area contributed by atoms with E-state index in [1.807, 2.05) is 30.3 Å². The van der Waals surface area contributed by atoms with Gasteiger partial charge in [-0.1, -0.05) is 0 Å². The summed E-state index contributed by atoms with van der Waals surface area (Å²) in [5.74, 6) is 0. The number of halogens is 5. The van der Waals surface area contributed by atoms with E-state index in [9.17, 15) is 0 Å². The Kier molecular flexibility index (Phi) is 71.4. The van der Waals surface area contributed by atoms with Crippen molar-refractivity contribution in [3.05, 3.63) is 30.3 Å². The van der Waals surface area contributed by atoms with E-state index >= 15 is 0 Å². The summed E-state index contributed by atoms with van der Waals surface area (Å²) in [6.07, 6.45) is 0.944. The van der Waals surface area contributed by atoms with Crippen molar-refractivity contribution in [2.75, 3.05) is 0 Å². The van der Waals surface area contributed by atoms with E-state index in [0.29, 0.717) is 0 Å². The molecule has 1 aromatic rings. The van der Waals surface area contributed by atoms with Crippen LogP contribution in [0.4, 0.5) is 0 Å². The van der Waals surface area contributed by atoms with Gasteiger partial charge in [0.1, 0.15) is 0 Å². The fraction of sp³-hybridized carbons (Fsp3) is 0. The maximum absolute atomic E-state index is 4.64. The second-order valence-electron chi connectivity index (χ2n) is 1.04. The number of hydrogen-bond acceptors (Lipinski definition) is 0. The summed E-state index contributed by atoms with van der Waals surface area (Å²) in [5.41, 5.74) is 0. The molecule has 1 rings (SSSR count). The van der Waals surface area contributed by atoms with E-state index in [-0.39, 0.29) is 58.9 Å². The van der Waals surface area contributed by atoms with Gasteiger partial charge >= 0.3 is 27.8 Å².